The van der Waals surface area contributed by atoms with E-state index in [9.17, 15) is 9.59 Å². The summed E-state index contributed by atoms with van der Waals surface area (Å²) in [7, 11) is 0. The molecule has 2 fully saturated rings. The van der Waals surface area contributed by atoms with Gasteiger partial charge in [-0.05, 0) is 12.8 Å². The molecule has 2 rings (SSSR count). The molecule has 0 aliphatic carbocycles. The first-order valence-corrected chi connectivity index (χ1v) is 7.01. The molecule has 108 valence electrons. The minimum absolute atomic E-state index is 0.0510. The molecule has 6 nitrogen and oxygen atoms in total. The predicted molar refractivity (Wildman–Crippen MR) is 68.9 cm³/mol. The van der Waals surface area contributed by atoms with Crippen LogP contribution in [0.15, 0.2) is 0 Å². The molecule has 0 aromatic rings. The van der Waals surface area contributed by atoms with Crippen molar-refractivity contribution in [3.8, 4) is 0 Å². The quantitative estimate of drug-likeness (QED) is 0.792. The van der Waals surface area contributed by atoms with Gasteiger partial charge >= 0.3 is 5.97 Å². The number of carboxylic acid groups (broad SMARTS) is 1. The van der Waals surface area contributed by atoms with E-state index in [4.69, 9.17) is 9.84 Å². The van der Waals surface area contributed by atoms with Gasteiger partial charge in [0.1, 0.15) is 6.04 Å². The van der Waals surface area contributed by atoms with Crippen LogP contribution in [0.2, 0.25) is 0 Å². The van der Waals surface area contributed by atoms with E-state index in [1.165, 1.54) is 12.8 Å². The molecular weight excluding hydrogens is 248 g/mol. The van der Waals surface area contributed by atoms with Gasteiger partial charge < -0.3 is 14.7 Å². The smallest absolute Gasteiger partial charge is 0.323 e. The fraction of sp³-hybridized carbons (Fsp3) is 0.846. The van der Waals surface area contributed by atoms with Crippen molar-refractivity contribution >= 4 is 11.9 Å². The summed E-state index contributed by atoms with van der Waals surface area (Å²) < 4.78 is 5.17. The fourth-order valence-corrected chi connectivity index (χ4v) is 2.65. The van der Waals surface area contributed by atoms with Crippen LogP contribution >= 0.6 is 0 Å². The molecule has 1 unspecified atom stereocenters. The van der Waals surface area contributed by atoms with Crippen molar-refractivity contribution in [1.82, 2.24) is 9.80 Å². The molecule has 0 saturated carbocycles. The van der Waals surface area contributed by atoms with Crippen molar-refractivity contribution in [2.75, 3.05) is 39.4 Å². The summed E-state index contributed by atoms with van der Waals surface area (Å²) >= 11 is 0. The monoisotopic (exact) mass is 270 g/mol. The number of aliphatic carboxylic acids is 1. The van der Waals surface area contributed by atoms with Gasteiger partial charge in [0.05, 0.1) is 19.8 Å². The molecule has 1 atom stereocenters. The number of carboxylic acids is 1. The van der Waals surface area contributed by atoms with Gasteiger partial charge in [0.2, 0.25) is 5.91 Å². The molecule has 0 aromatic carbocycles. The topological polar surface area (TPSA) is 70.1 Å². The first-order valence-electron chi connectivity index (χ1n) is 7.01. The number of carbonyl (C=O) groups is 2. The maximum Gasteiger partial charge on any atom is 0.323 e. The van der Waals surface area contributed by atoms with Gasteiger partial charge in [-0.25, -0.2) is 0 Å². The van der Waals surface area contributed by atoms with Gasteiger partial charge in [0.15, 0.2) is 0 Å². The lowest BCUT2D eigenvalue weighted by Crippen LogP contribution is -2.53. The van der Waals surface area contributed by atoms with Crippen LogP contribution in [0.3, 0.4) is 0 Å². The summed E-state index contributed by atoms with van der Waals surface area (Å²) in [5, 5.41) is 9.13. The summed E-state index contributed by atoms with van der Waals surface area (Å²) in [5.74, 6) is -0.863. The minimum Gasteiger partial charge on any atom is -0.480 e. The lowest BCUT2D eigenvalue weighted by molar-refractivity contribution is -0.151. The molecule has 0 bridgehead atoms. The zero-order valence-corrected chi connectivity index (χ0v) is 11.2. The van der Waals surface area contributed by atoms with Crippen LogP contribution in [-0.4, -0.2) is 72.2 Å². The number of likely N-dealkylation sites (tertiary alicyclic amines) is 1. The van der Waals surface area contributed by atoms with E-state index >= 15 is 0 Å². The molecule has 2 aliphatic heterocycles. The van der Waals surface area contributed by atoms with Crippen LogP contribution in [0, 0.1) is 0 Å². The predicted octanol–water partition coefficient (Wildman–Crippen LogP) is 0.174. The average Bonchev–Trinajstić information content (AvgIpc) is 2.68. The van der Waals surface area contributed by atoms with E-state index in [0.29, 0.717) is 13.2 Å². The number of ether oxygens (including phenoxy) is 1. The summed E-state index contributed by atoms with van der Waals surface area (Å²) in [6.45, 7) is 2.98. The van der Waals surface area contributed by atoms with Gasteiger partial charge in [-0.15, -0.1) is 0 Å². The highest BCUT2D eigenvalue weighted by Crippen LogP contribution is 2.12. The van der Waals surface area contributed by atoms with E-state index in [2.05, 4.69) is 0 Å². The Balaban J connectivity index is 1.90. The first-order chi connectivity index (χ1) is 9.18. The number of hydrogen-bond donors (Lipinski definition) is 1. The molecular formula is C13H22N2O4. The van der Waals surface area contributed by atoms with Crippen molar-refractivity contribution in [3.63, 3.8) is 0 Å². The number of hydrogen-bond acceptors (Lipinski definition) is 4. The van der Waals surface area contributed by atoms with E-state index in [0.717, 1.165) is 25.9 Å². The molecule has 1 amide bonds. The van der Waals surface area contributed by atoms with E-state index in [1.54, 1.807) is 4.90 Å². The highest BCUT2D eigenvalue weighted by Gasteiger charge is 2.31. The number of morpholine rings is 1. The third-order valence-corrected chi connectivity index (χ3v) is 3.82. The van der Waals surface area contributed by atoms with Crippen molar-refractivity contribution in [2.45, 2.75) is 31.7 Å². The lowest BCUT2D eigenvalue weighted by Gasteiger charge is -2.33. The Morgan fingerprint density at radius 3 is 2.42 bits per heavy atom. The molecule has 6 heteroatoms. The fourth-order valence-electron chi connectivity index (χ4n) is 2.65. The summed E-state index contributed by atoms with van der Waals surface area (Å²) in [6.07, 6.45) is 4.46. The molecule has 0 aromatic heterocycles. The molecule has 2 heterocycles. The maximum absolute atomic E-state index is 12.2. The van der Waals surface area contributed by atoms with Gasteiger partial charge in [-0.1, -0.05) is 12.8 Å². The Morgan fingerprint density at radius 1 is 1.11 bits per heavy atom. The number of carbonyl (C=O) groups excluding carboxylic acids is 1. The maximum atomic E-state index is 12.2. The number of amides is 1. The summed E-state index contributed by atoms with van der Waals surface area (Å²) in [6, 6.07) is -0.690. The molecule has 2 saturated heterocycles. The van der Waals surface area contributed by atoms with Gasteiger partial charge in [0.25, 0.3) is 0 Å². The minimum atomic E-state index is -0.914. The van der Waals surface area contributed by atoms with E-state index < -0.39 is 12.0 Å². The largest absolute Gasteiger partial charge is 0.480 e. The normalized spacial score (nSPS) is 25.9. The molecule has 0 spiro atoms. The van der Waals surface area contributed by atoms with Crippen LogP contribution in [-0.2, 0) is 14.3 Å². The van der Waals surface area contributed by atoms with Crippen LogP contribution < -0.4 is 0 Å². The van der Waals surface area contributed by atoms with E-state index in [1.807, 2.05) is 4.90 Å². The van der Waals surface area contributed by atoms with Crippen molar-refractivity contribution in [2.24, 2.45) is 0 Å². The van der Waals surface area contributed by atoms with Crippen LogP contribution in [0.4, 0.5) is 0 Å². The third-order valence-electron chi connectivity index (χ3n) is 3.82. The average molecular weight is 270 g/mol. The molecule has 2 aliphatic rings. The second-order valence-corrected chi connectivity index (χ2v) is 5.19. The first kappa shape index (κ1) is 14.3. The van der Waals surface area contributed by atoms with Gasteiger partial charge in [0, 0.05) is 19.6 Å². The Kier molecular flexibility index (Phi) is 5.15. The van der Waals surface area contributed by atoms with Crippen LogP contribution in [0.5, 0.6) is 0 Å². The highest BCUT2D eigenvalue weighted by molar-refractivity contribution is 5.80. The molecule has 1 N–H and O–H groups in total. The Bertz CT molecular complexity index is 327. The third kappa shape index (κ3) is 3.91. The van der Waals surface area contributed by atoms with E-state index in [-0.39, 0.29) is 19.1 Å². The van der Waals surface area contributed by atoms with Crippen LogP contribution in [0.1, 0.15) is 25.7 Å². The highest BCUT2D eigenvalue weighted by atomic mass is 16.5. The van der Waals surface area contributed by atoms with Crippen molar-refractivity contribution < 1.29 is 19.4 Å². The Labute approximate surface area is 113 Å². The van der Waals surface area contributed by atoms with Crippen molar-refractivity contribution in [3.05, 3.63) is 0 Å². The van der Waals surface area contributed by atoms with Crippen molar-refractivity contribution in [1.29, 1.82) is 0 Å². The molecule has 0 radical (unpaired) electrons. The summed E-state index contributed by atoms with van der Waals surface area (Å²) in [5.41, 5.74) is 0. The Hall–Kier alpha value is -1.14. The number of rotatable bonds is 3. The zero-order chi connectivity index (χ0) is 13.7. The standard InChI is InChI=1S/C13H22N2O4/c16-12(14-5-3-1-2-4-6-14)9-15-7-8-19-10-11(15)13(17)18/h11H,1-10H2,(H,17,18). The van der Waals surface area contributed by atoms with Crippen LogP contribution in [0.25, 0.3) is 0 Å². The zero-order valence-electron chi connectivity index (χ0n) is 11.2. The SMILES string of the molecule is O=C(O)C1COCCN1CC(=O)N1CCCCCC1. The second kappa shape index (κ2) is 6.86. The Morgan fingerprint density at radius 2 is 1.79 bits per heavy atom. The number of nitrogens with zero attached hydrogens (tertiary/aromatic N) is 2. The lowest BCUT2D eigenvalue weighted by atomic mass is 10.2. The van der Waals surface area contributed by atoms with Gasteiger partial charge in [-0.2, -0.15) is 0 Å². The van der Waals surface area contributed by atoms with Gasteiger partial charge in [-0.3, -0.25) is 14.5 Å². The second-order valence-electron chi connectivity index (χ2n) is 5.19. The molecule has 19 heavy (non-hydrogen) atoms. The summed E-state index contributed by atoms with van der Waals surface area (Å²) in [4.78, 5) is 27.0.